The van der Waals surface area contributed by atoms with Crippen molar-refractivity contribution in [2.75, 3.05) is 20.3 Å². The minimum absolute atomic E-state index is 0.0616. The van der Waals surface area contributed by atoms with E-state index in [2.05, 4.69) is 0 Å². The Morgan fingerprint density at radius 1 is 1.14 bits per heavy atom. The molecule has 2 aromatic carbocycles. The highest BCUT2D eigenvalue weighted by molar-refractivity contribution is 6.31. The van der Waals surface area contributed by atoms with Crippen LogP contribution in [0.4, 0.5) is 0 Å². The third kappa shape index (κ3) is 4.51. The average Bonchev–Trinajstić information content (AvgIpc) is 3.08. The van der Waals surface area contributed by atoms with Gasteiger partial charge in [-0.15, -0.1) is 0 Å². The molecule has 0 spiro atoms. The van der Waals surface area contributed by atoms with Crippen molar-refractivity contribution in [3.63, 3.8) is 0 Å². The van der Waals surface area contributed by atoms with Crippen LogP contribution in [0.25, 0.3) is 0 Å². The third-order valence-corrected chi connectivity index (χ3v) is 4.99. The number of hydrogen-bond donors (Lipinski definition) is 0. The van der Waals surface area contributed by atoms with E-state index in [4.69, 9.17) is 21.1 Å². The predicted molar refractivity (Wildman–Crippen MR) is 103 cm³/mol. The van der Waals surface area contributed by atoms with Gasteiger partial charge in [-0.3, -0.25) is 14.4 Å². The van der Waals surface area contributed by atoms with Crippen LogP contribution in [0.2, 0.25) is 5.02 Å². The van der Waals surface area contributed by atoms with Crippen LogP contribution >= 0.6 is 11.6 Å². The lowest BCUT2D eigenvalue weighted by atomic mass is 10.1. The van der Waals surface area contributed by atoms with Crippen molar-refractivity contribution in [2.45, 2.75) is 13.0 Å². The number of para-hydroxylation sites is 1. The molecule has 0 aliphatic carbocycles. The molecule has 0 saturated carbocycles. The number of methoxy groups -OCH3 is 1. The summed E-state index contributed by atoms with van der Waals surface area (Å²) in [6.07, 6.45) is 0.0616. The quantitative estimate of drug-likeness (QED) is 0.526. The van der Waals surface area contributed by atoms with Crippen LogP contribution in [-0.2, 0) is 20.9 Å². The zero-order chi connectivity index (χ0) is 20.1. The van der Waals surface area contributed by atoms with Gasteiger partial charge in [-0.1, -0.05) is 41.9 Å². The smallest absolute Gasteiger partial charge is 0.311 e. The molecular formula is C21H20ClNO5. The first-order valence-corrected chi connectivity index (χ1v) is 9.21. The summed E-state index contributed by atoms with van der Waals surface area (Å²) >= 11 is 6.14. The Morgan fingerprint density at radius 3 is 2.61 bits per heavy atom. The highest BCUT2D eigenvalue weighted by Gasteiger charge is 2.35. The maximum absolute atomic E-state index is 12.3. The fourth-order valence-electron chi connectivity index (χ4n) is 3.12. The van der Waals surface area contributed by atoms with Gasteiger partial charge in [0.25, 0.3) is 0 Å². The van der Waals surface area contributed by atoms with Crippen LogP contribution in [0, 0.1) is 5.92 Å². The van der Waals surface area contributed by atoms with Crippen molar-refractivity contribution >= 4 is 29.3 Å². The van der Waals surface area contributed by atoms with E-state index >= 15 is 0 Å². The molecule has 2 aromatic rings. The van der Waals surface area contributed by atoms with Gasteiger partial charge in [-0.25, -0.2) is 0 Å². The topological polar surface area (TPSA) is 72.9 Å². The lowest BCUT2D eigenvalue weighted by Gasteiger charge is -2.17. The lowest BCUT2D eigenvalue weighted by Crippen LogP contribution is -2.27. The maximum Gasteiger partial charge on any atom is 0.311 e. The number of benzene rings is 2. The largest absolute Gasteiger partial charge is 0.496 e. The van der Waals surface area contributed by atoms with E-state index in [0.29, 0.717) is 22.9 Å². The van der Waals surface area contributed by atoms with E-state index in [1.54, 1.807) is 35.2 Å². The average molecular weight is 402 g/mol. The zero-order valence-electron chi connectivity index (χ0n) is 15.4. The number of esters is 1. The number of amides is 1. The van der Waals surface area contributed by atoms with Crippen molar-refractivity contribution in [1.29, 1.82) is 0 Å². The van der Waals surface area contributed by atoms with Gasteiger partial charge < -0.3 is 14.4 Å². The molecular weight excluding hydrogens is 382 g/mol. The summed E-state index contributed by atoms with van der Waals surface area (Å²) in [6, 6.07) is 14.0. The fourth-order valence-corrected chi connectivity index (χ4v) is 3.32. The van der Waals surface area contributed by atoms with E-state index in [1.807, 2.05) is 18.2 Å². The predicted octanol–water partition coefficient (Wildman–Crippen LogP) is 3.12. The van der Waals surface area contributed by atoms with Crippen molar-refractivity contribution in [3.8, 4) is 5.75 Å². The van der Waals surface area contributed by atoms with Crippen LogP contribution in [0.3, 0.4) is 0 Å². The molecule has 1 atom stereocenters. The van der Waals surface area contributed by atoms with Gasteiger partial charge in [-0.2, -0.15) is 0 Å². The summed E-state index contributed by atoms with van der Waals surface area (Å²) < 4.78 is 10.3. The molecule has 1 aliphatic rings. The number of Topliss-reactive ketones (excluding diaryl/α,β-unsaturated/α-hetero) is 1. The second-order valence-electron chi connectivity index (χ2n) is 6.50. The Hall–Kier alpha value is -2.86. The van der Waals surface area contributed by atoms with Crippen molar-refractivity contribution in [1.82, 2.24) is 4.90 Å². The second-order valence-corrected chi connectivity index (χ2v) is 6.91. The number of carbonyl (C=O) groups excluding carboxylic acids is 3. The summed E-state index contributed by atoms with van der Waals surface area (Å²) in [5.74, 6) is -1.23. The minimum Gasteiger partial charge on any atom is -0.496 e. The standard InChI is InChI=1S/C21H20ClNO5/c1-27-19-9-5-3-7-16(19)18(24)13-28-21(26)15-10-20(25)23(12-15)11-14-6-2-4-8-17(14)22/h2-9,15H,10-13H2,1H3/t15-/m0/s1. The molecule has 0 N–H and O–H groups in total. The highest BCUT2D eigenvalue weighted by atomic mass is 35.5. The monoisotopic (exact) mass is 401 g/mol. The van der Waals surface area contributed by atoms with E-state index in [-0.39, 0.29) is 24.7 Å². The number of rotatable bonds is 7. The van der Waals surface area contributed by atoms with Gasteiger partial charge in [0.05, 0.1) is 18.6 Å². The van der Waals surface area contributed by atoms with Gasteiger partial charge in [0, 0.05) is 24.5 Å². The molecule has 1 saturated heterocycles. The SMILES string of the molecule is COc1ccccc1C(=O)COC(=O)[C@H]1CC(=O)N(Cc2ccccc2Cl)C1. The Morgan fingerprint density at radius 2 is 1.86 bits per heavy atom. The first-order valence-electron chi connectivity index (χ1n) is 8.83. The Labute approximate surface area is 168 Å². The first-order chi connectivity index (χ1) is 13.5. The van der Waals surface area contributed by atoms with Crippen molar-refractivity contribution < 1.29 is 23.9 Å². The number of carbonyl (C=O) groups is 3. The molecule has 146 valence electrons. The van der Waals surface area contributed by atoms with Crippen LogP contribution in [0.15, 0.2) is 48.5 Å². The van der Waals surface area contributed by atoms with Crippen LogP contribution < -0.4 is 4.74 Å². The molecule has 0 unspecified atom stereocenters. The Balaban J connectivity index is 1.56. The number of ether oxygens (including phenoxy) is 2. The molecule has 7 heteroatoms. The second kappa shape index (κ2) is 8.89. The minimum atomic E-state index is -0.597. The highest BCUT2D eigenvalue weighted by Crippen LogP contribution is 2.24. The maximum atomic E-state index is 12.3. The van der Waals surface area contributed by atoms with Gasteiger partial charge >= 0.3 is 5.97 Å². The van der Waals surface area contributed by atoms with E-state index in [0.717, 1.165) is 5.56 Å². The number of hydrogen-bond acceptors (Lipinski definition) is 5. The number of likely N-dealkylation sites (tertiary alicyclic amines) is 1. The summed E-state index contributed by atoms with van der Waals surface area (Å²) in [6.45, 7) is 0.183. The van der Waals surface area contributed by atoms with E-state index in [9.17, 15) is 14.4 Å². The molecule has 1 aliphatic heterocycles. The number of nitrogens with zero attached hydrogens (tertiary/aromatic N) is 1. The molecule has 3 rings (SSSR count). The molecule has 1 amide bonds. The van der Waals surface area contributed by atoms with E-state index < -0.39 is 18.5 Å². The molecule has 1 fully saturated rings. The van der Waals surface area contributed by atoms with Crippen LogP contribution in [0.5, 0.6) is 5.75 Å². The molecule has 0 radical (unpaired) electrons. The lowest BCUT2D eigenvalue weighted by molar-refractivity contribution is -0.147. The van der Waals surface area contributed by atoms with Gasteiger partial charge in [-0.05, 0) is 23.8 Å². The molecule has 28 heavy (non-hydrogen) atoms. The Bertz CT molecular complexity index is 898. The van der Waals surface area contributed by atoms with Gasteiger partial charge in [0.15, 0.2) is 6.61 Å². The Kier molecular flexibility index (Phi) is 6.31. The summed E-state index contributed by atoms with van der Waals surface area (Å²) in [4.78, 5) is 38.5. The molecule has 0 aromatic heterocycles. The summed E-state index contributed by atoms with van der Waals surface area (Å²) in [5, 5.41) is 0.573. The molecule has 0 bridgehead atoms. The van der Waals surface area contributed by atoms with Crippen LogP contribution in [0.1, 0.15) is 22.3 Å². The zero-order valence-corrected chi connectivity index (χ0v) is 16.1. The van der Waals surface area contributed by atoms with Crippen molar-refractivity contribution in [2.24, 2.45) is 5.92 Å². The summed E-state index contributed by atoms with van der Waals surface area (Å²) in [5.41, 5.74) is 1.17. The van der Waals surface area contributed by atoms with Gasteiger partial charge in [0.2, 0.25) is 11.7 Å². The van der Waals surface area contributed by atoms with Gasteiger partial charge in [0.1, 0.15) is 5.75 Å². The molecule has 1 heterocycles. The van der Waals surface area contributed by atoms with Crippen molar-refractivity contribution in [3.05, 3.63) is 64.7 Å². The van der Waals surface area contributed by atoms with Crippen LogP contribution in [-0.4, -0.2) is 42.8 Å². The number of halogens is 1. The first kappa shape index (κ1) is 19.9. The van der Waals surface area contributed by atoms with E-state index in [1.165, 1.54) is 7.11 Å². The molecule has 6 nitrogen and oxygen atoms in total. The third-order valence-electron chi connectivity index (χ3n) is 4.62. The fraction of sp³-hybridized carbons (Fsp3) is 0.286. The normalized spacial score (nSPS) is 16.1. The number of ketones is 1. The summed E-state index contributed by atoms with van der Waals surface area (Å²) in [7, 11) is 1.47.